The third kappa shape index (κ3) is 7.97. The summed E-state index contributed by atoms with van der Waals surface area (Å²) in [6.07, 6.45) is 0. The molecule has 7 nitrogen and oxygen atoms in total. The van der Waals surface area contributed by atoms with E-state index in [1.165, 1.54) is 4.31 Å². The molecule has 2 aromatic carbocycles. The molecule has 0 fully saturated rings. The van der Waals surface area contributed by atoms with Gasteiger partial charge in [-0.3, -0.25) is 0 Å². The van der Waals surface area contributed by atoms with Crippen LogP contribution in [-0.4, -0.2) is 45.4 Å². The Morgan fingerprint density at radius 1 is 1.10 bits per heavy atom. The third-order valence-electron chi connectivity index (χ3n) is 4.69. The van der Waals surface area contributed by atoms with Crippen LogP contribution in [0.4, 0.5) is 0 Å². The average molecular weight is 561 g/mol. The monoisotopic (exact) mass is 560 g/mol. The van der Waals surface area contributed by atoms with Crippen LogP contribution in [0, 0.1) is 0 Å². The van der Waals surface area contributed by atoms with Gasteiger partial charge in [-0.1, -0.05) is 24.3 Å². The molecule has 0 heterocycles. The number of ether oxygens (including phenoxy) is 1. The van der Waals surface area contributed by atoms with Crippen LogP contribution in [0.15, 0.2) is 58.4 Å². The molecule has 0 aliphatic rings. The molecule has 0 aliphatic carbocycles. The van der Waals surface area contributed by atoms with Crippen molar-refractivity contribution in [3.8, 4) is 5.75 Å². The second kappa shape index (κ2) is 12.9. The molecule has 31 heavy (non-hydrogen) atoms. The van der Waals surface area contributed by atoms with Gasteiger partial charge < -0.3 is 15.4 Å². The summed E-state index contributed by atoms with van der Waals surface area (Å²) in [7, 11) is -0.235. The Kier molecular flexibility index (Phi) is 11.3. The maximum atomic E-state index is 12.6. The average Bonchev–Trinajstić information content (AvgIpc) is 2.75. The molecule has 2 aromatic rings. The number of hydrogen-bond acceptors (Lipinski definition) is 4. The van der Waals surface area contributed by atoms with E-state index in [1.807, 2.05) is 57.2 Å². The maximum absolute atomic E-state index is 12.6. The summed E-state index contributed by atoms with van der Waals surface area (Å²) in [6.45, 7) is 7.50. The number of rotatable bonds is 9. The zero-order valence-corrected chi connectivity index (χ0v) is 21.9. The second-order valence-corrected chi connectivity index (χ2v) is 9.16. The van der Waals surface area contributed by atoms with E-state index >= 15 is 0 Å². The Balaban J connectivity index is 0.00000480. The predicted molar refractivity (Wildman–Crippen MR) is 137 cm³/mol. The van der Waals surface area contributed by atoms with Gasteiger partial charge in [0.05, 0.1) is 18.6 Å². The molecular formula is C22H33IN4O3S. The molecule has 0 unspecified atom stereocenters. The minimum atomic E-state index is -3.47. The minimum absolute atomic E-state index is 0. The van der Waals surface area contributed by atoms with Crippen LogP contribution >= 0.6 is 24.0 Å². The molecule has 2 N–H and O–H groups in total. The number of benzene rings is 2. The van der Waals surface area contributed by atoms with Crippen molar-refractivity contribution in [2.45, 2.75) is 44.8 Å². The van der Waals surface area contributed by atoms with Crippen molar-refractivity contribution in [2.75, 3.05) is 20.7 Å². The van der Waals surface area contributed by atoms with Gasteiger partial charge in [-0.15, -0.1) is 24.0 Å². The summed E-state index contributed by atoms with van der Waals surface area (Å²) < 4.78 is 31.8. The third-order valence-corrected chi connectivity index (χ3v) is 6.73. The van der Waals surface area contributed by atoms with E-state index < -0.39 is 10.0 Å². The molecule has 0 saturated heterocycles. The lowest BCUT2D eigenvalue weighted by Gasteiger charge is -2.21. The number of aliphatic imine (C=N–C) groups is 1. The van der Waals surface area contributed by atoms with E-state index in [9.17, 15) is 8.42 Å². The van der Waals surface area contributed by atoms with Gasteiger partial charge in [-0.05, 0) is 56.2 Å². The fourth-order valence-electron chi connectivity index (χ4n) is 2.69. The fraction of sp³-hybridized carbons (Fsp3) is 0.409. The van der Waals surface area contributed by atoms with E-state index in [0.717, 1.165) is 23.4 Å². The summed E-state index contributed by atoms with van der Waals surface area (Å²) in [5.74, 6) is 1.50. The number of guanidine groups is 1. The highest BCUT2D eigenvalue weighted by Crippen LogP contribution is 2.17. The summed E-state index contributed by atoms with van der Waals surface area (Å²) >= 11 is 0. The lowest BCUT2D eigenvalue weighted by atomic mass is 10.2. The first kappa shape index (κ1) is 27.2. The van der Waals surface area contributed by atoms with Crippen LogP contribution < -0.4 is 15.4 Å². The van der Waals surface area contributed by atoms with Crippen LogP contribution in [0.25, 0.3) is 0 Å². The molecule has 2 rings (SSSR count). The molecule has 0 spiro atoms. The first-order valence-electron chi connectivity index (χ1n) is 10.00. The van der Waals surface area contributed by atoms with Crippen LogP contribution in [-0.2, 0) is 23.1 Å². The summed E-state index contributed by atoms with van der Waals surface area (Å²) in [5.41, 5.74) is 2.02. The van der Waals surface area contributed by atoms with Gasteiger partial charge in [0, 0.05) is 26.2 Å². The quantitative estimate of drug-likeness (QED) is 0.278. The summed E-state index contributed by atoms with van der Waals surface area (Å²) in [4.78, 5) is 4.90. The Hall–Kier alpha value is -1.85. The molecule has 0 saturated carbocycles. The molecule has 0 atom stereocenters. The standard InChI is InChI=1S/C22H32N4O3S.HI/c1-6-23-22(25-16-19-8-7-9-20(14-19)29-5)24-15-18-10-12-21(13-11-18)30(27,28)26(4)17(2)3;/h7-14,17H,6,15-16H2,1-5H3,(H2,23,24,25);1H. The summed E-state index contributed by atoms with van der Waals surface area (Å²) in [6, 6.07) is 14.6. The molecule has 0 aromatic heterocycles. The van der Waals surface area contributed by atoms with Gasteiger partial charge in [0.15, 0.2) is 5.96 Å². The number of halogens is 1. The second-order valence-electron chi connectivity index (χ2n) is 7.16. The number of sulfonamides is 1. The van der Waals surface area contributed by atoms with Gasteiger partial charge in [-0.2, -0.15) is 4.31 Å². The van der Waals surface area contributed by atoms with Crippen LogP contribution in [0.3, 0.4) is 0 Å². The Labute approximate surface area is 203 Å². The maximum Gasteiger partial charge on any atom is 0.243 e. The molecule has 9 heteroatoms. The number of nitrogens with zero attached hydrogens (tertiary/aromatic N) is 2. The van der Waals surface area contributed by atoms with E-state index in [1.54, 1.807) is 26.3 Å². The highest BCUT2D eigenvalue weighted by atomic mass is 127. The molecular weight excluding hydrogens is 527 g/mol. The molecule has 0 aliphatic heterocycles. The van der Waals surface area contributed by atoms with Crippen molar-refractivity contribution < 1.29 is 13.2 Å². The Morgan fingerprint density at radius 3 is 2.35 bits per heavy atom. The zero-order valence-electron chi connectivity index (χ0n) is 18.8. The van der Waals surface area contributed by atoms with Crippen molar-refractivity contribution in [3.63, 3.8) is 0 Å². The Bertz CT molecular complexity index is 947. The normalized spacial score (nSPS) is 11.9. The van der Waals surface area contributed by atoms with Gasteiger partial charge in [-0.25, -0.2) is 13.4 Å². The largest absolute Gasteiger partial charge is 0.497 e. The lowest BCUT2D eigenvalue weighted by Crippen LogP contribution is -2.36. The van der Waals surface area contributed by atoms with Crippen molar-refractivity contribution in [1.82, 2.24) is 14.9 Å². The van der Waals surface area contributed by atoms with Crippen molar-refractivity contribution >= 4 is 40.0 Å². The number of methoxy groups -OCH3 is 1. The van der Waals surface area contributed by atoms with Gasteiger partial charge in [0.2, 0.25) is 10.0 Å². The zero-order chi connectivity index (χ0) is 22.1. The SMILES string of the molecule is CCNC(=NCc1cccc(OC)c1)NCc1ccc(S(=O)(=O)N(C)C(C)C)cc1.I. The fourth-order valence-corrected chi connectivity index (χ4v) is 4.06. The number of nitrogens with one attached hydrogen (secondary N) is 2. The minimum Gasteiger partial charge on any atom is -0.497 e. The van der Waals surface area contributed by atoms with E-state index in [-0.39, 0.29) is 30.0 Å². The van der Waals surface area contributed by atoms with Crippen molar-refractivity contribution in [1.29, 1.82) is 0 Å². The first-order valence-corrected chi connectivity index (χ1v) is 11.4. The van der Waals surface area contributed by atoms with Crippen molar-refractivity contribution in [2.24, 2.45) is 4.99 Å². The predicted octanol–water partition coefficient (Wildman–Crippen LogP) is 3.60. The van der Waals surface area contributed by atoms with E-state index in [4.69, 9.17) is 4.74 Å². The number of hydrogen-bond donors (Lipinski definition) is 2. The molecule has 172 valence electrons. The van der Waals surface area contributed by atoms with E-state index in [2.05, 4.69) is 15.6 Å². The highest BCUT2D eigenvalue weighted by Gasteiger charge is 2.22. The summed E-state index contributed by atoms with van der Waals surface area (Å²) in [5, 5.41) is 6.50. The van der Waals surface area contributed by atoms with E-state index in [0.29, 0.717) is 23.9 Å². The first-order chi connectivity index (χ1) is 14.3. The smallest absolute Gasteiger partial charge is 0.243 e. The van der Waals surface area contributed by atoms with Crippen LogP contribution in [0.5, 0.6) is 5.75 Å². The molecule has 0 radical (unpaired) electrons. The topological polar surface area (TPSA) is 83.0 Å². The highest BCUT2D eigenvalue weighted by molar-refractivity contribution is 14.0. The van der Waals surface area contributed by atoms with Gasteiger partial charge in [0.25, 0.3) is 0 Å². The van der Waals surface area contributed by atoms with Gasteiger partial charge >= 0.3 is 0 Å². The molecule has 0 amide bonds. The van der Waals surface area contributed by atoms with Crippen LogP contribution in [0.1, 0.15) is 31.9 Å². The van der Waals surface area contributed by atoms with Gasteiger partial charge in [0.1, 0.15) is 5.75 Å². The van der Waals surface area contributed by atoms with Crippen LogP contribution in [0.2, 0.25) is 0 Å². The lowest BCUT2D eigenvalue weighted by molar-refractivity contribution is 0.410. The molecule has 0 bridgehead atoms. The van der Waals surface area contributed by atoms with Crippen molar-refractivity contribution in [3.05, 3.63) is 59.7 Å². The Morgan fingerprint density at radius 2 is 1.77 bits per heavy atom.